The van der Waals surface area contributed by atoms with Crippen LogP contribution in [0.5, 0.6) is 0 Å². The predicted molar refractivity (Wildman–Crippen MR) is 106 cm³/mol. The van der Waals surface area contributed by atoms with E-state index in [9.17, 15) is 4.79 Å². The standard InChI is InChI=1S/C21H18N4O2/c1-25(2)17-9-5-14(6-10-17)20(26)23-16-7-3-15(4-8-16)21-24-18-13-22-12-11-19(18)27-21/h3-13H,1-2H3,(H,23,26). The maximum Gasteiger partial charge on any atom is 0.255 e. The zero-order valence-corrected chi connectivity index (χ0v) is 15.0. The first kappa shape index (κ1) is 16.8. The van der Waals surface area contributed by atoms with Gasteiger partial charge in [-0.2, -0.15) is 0 Å². The van der Waals surface area contributed by atoms with Crippen molar-refractivity contribution in [1.29, 1.82) is 0 Å². The maximum absolute atomic E-state index is 12.4. The number of aromatic nitrogens is 2. The lowest BCUT2D eigenvalue weighted by molar-refractivity contribution is 0.102. The highest BCUT2D eigenvalue weighted by atomic mass is 16.3. The summed E-state index contributed by atoms with van der Waals surface area (Å²) in [5, 5.41) is 2.90. The van der Waals surface area contributed by atoms with Crippen molar-refractivity contribution in [3.63, 3.8) is 0 Å². The van der Waals surface area contributed by atoms with Gasteiger partial charge in [0.2, 0.25) is 5.89 Å². The molecule has 0 saturated carbocycles. The molecule has 134 valence electrons. The zero-order chi connectivity index (χ0) is 18.8. The molecule has 6 nitrogen and oxygen atoms in total. The summed E-state index contributed by atoms with van der Waals surface area (Å²) in [5.74, 6) is 0.371. The number of oxazole rings is 1. The molecule has 0 fully saturated rings. The van der Waals surface area contributed by atoms with E-state index < -0.39 is 0 Å². The van der Waals surface area contributed by atoms with E-state index in [1.165, 1.54) is 0 Å². The number of carbonyl (C=O) groups excluding carboxylic acids is 1. The van der Waals surface area contributed by atoms with Gasteiger partial charge in [0, 0.05) is 48.9 Å². The van der Waals surface area contributed by atoms with Crippen LogP contribution in [0.2, 0.25) is 0 Å². The summed E-state index contributed by atoms with van der Waals surface area (Å²) < 4.78 is 5.73. The van der Waals surface area contributed by atoms with E-state index in [2.05, 4.69) is 15.3 Å². The average molecular weight is 358 g/mol. The van der Waals surface area contributed by atoms with Gasteiger partial charge < -0.3 is 14.6 Å². The molecule has 0 aliphatic heterocycles. The smallest absolute Gasteiger partial charge is 0.255 e. The Kier molecular flexibility index (Phi) is 4.30. The van der Waals surface area contributed by atoms with Crippen LogP contribution in [-0.4, -0.2) is 30.0 Å². The van der Waals surface area contributed by atoms with Gasteiger partial charge in [-0.3, -0.25) is 9.78 Å². The first-order valence-corrected chi connectivity index (χ1v) is 8.50. The largest absolute Gasteiger partial charge is 0.436 e. The molecule has 27 heavy (non-hydrogen) atoms. The van der Waals surface area contributed by atoms with Gasteiger partial charge >= 0.3 is 0 Å². The van der Waals surface area contributed by atoms with Crippen LogP contribution in [0.4, 0.5) is 11.4 Å². The fraction of sp³-hybridized carbons (Fsp3) is 0.0952. The third kappa shape index (κ3) is 3.50. The minimum atomic E-state index is -0.152. The number of carbonyl (C=O) groups is 1. The van der Waals surface area contributed by atoms with Gasteiger partial charge in [-0.15, -0.1) is 0 Å². The lowest BCUT2D eigenvalue weighted by Crippen LogP contribution is -2.13. The fourth-order valence-corrected chi connectivity index (χ4v) is 2.71. The summed E-state index contributed by atoms with van der Waals surface area (Å²) in [6, 6.07) is 16.6. The first-order chi connectivity index (χ1) is 13.1. The molecule has 0 radical (unpaired) electrons. The highest BCUT2D eigenvalue weighted by molar-refractivity contribution is 6.04. The molecule has 2 aromatic carbocycles. The highest BCUT2D eigenvalue weighted by Crippen LogP contribution is 2.25. The number of benzene rings is 2. The van der Waals surface area contributed by atoms with Crippen LogP contribution in [0.1, 0.15) is 10.4 Å². The van der Waals surface area contributed by atoms with Gasteiger partial charge in [0.15, 0.2) is 5.58 Å². The van der Waals surface area contributed by atoms with Crippen molar-refractivity contribution >= 4 is 28.4 Å². The number of rotatable bonds is 4. The number of nitrogens with zero attached hydrogens (tertiary/aromatic N) is 3. The molecule has 6 heteroatoms. The Labute approximate surface area is 156 Å². The van der Waals surface area contributed by atoms with Crippen molar-refractivity contribution in [2.24, 2.45) is 0 Å². The quantitative estimate of drug-likeness (QED) is 0.592. The molecule has 1 amide bonds. The molecular weight excluding hydrogens is 340 g/mol. The number of fused-ring (bicyclic) bond motifs is 1. The van der Waals surface area contributed by atoms with Crippen LogP contribution in [0.15, 0.2) is 71.4 Å². The molecule has 0 unspecified atom stereocenters. The Balaban J connectivity index is 1.49. The SMILES string of the molecule is CN(C)c1ccc(C(=O)Nc2ccc(-c3nc4cnccc4o3)cc2)cc1. The van der Waals surface area contributed by atoms with Gasteiger partial charge in [0.1, 0.15) is 5.52 Å². The minimum Gasteiger partial charge on any atom is -0.436 e. The third-order valence-corrected chi connectivity index (χ3v) is 4.23. The van der Waals surface area contributed by atoms with Crippen LogP contribution in [0.25, 0.3) is 22.6 Å². The van der Waals surface area contributed by atoms with Gasteiger partial charge in [-0.05, 0) is 48.5 Å². The highest BCUT2D eigenvalue weighted by Gasteiger charge is 2.10. The van der Waals surface area contributed by atoms with E-state index >= 15 is 0 Å². The Morgan fingerprint density at radius 2 is 1.74 bits per heavy atom. The van der Waals surface area contributed by atoms with Crippen molar-refractivity contribution in [2.45, 2.75) is 0 Å². The molecule has 0 atom stereocenters. The molecular formula is C21H18N4O2. The van der Waals surface area contributed by atoms with E-state index in [0.29, 0.717) is 28.2 Å². The molecule has 0 saturated heterocycles. The molecule has 0 aliphatic carbocycles. The molecule has 4 aromatic rings. The normalized spacial score (nSPS) is 10.7. The molecule has 2 aromatic heterocycles. The number of hydrogen-bond donors (Lipinski definition) is 1. The lowest BCUT2D eigenvalue weighted by Gasteiger charge is -2.12. The number of hydrogen-bond acceptors (Lipinski definition) is 5. The Morgan fingerprint density at radius 1 is 1.00 bits per heavy atom. The summed E-state index contributed by atoms with van der Waals surface area (Å²) in [4.78, 5) is 22.9. The van der Waals surface area contributed by atoms with Crippen LogP contribution < -0.4 is 10.2 Å². The first-order valence-electron chi connectivity index (χ1n) is 8.50. The molecule has 0 aliphatic rings. The Morgan fingerprint density at radius 3 is 2.41 bits per heavy atom. The molecule has 0 spiro atoms. The van der Waals surface area contributed by atoms with Crippen molar-refractivity contribution in [3.8, 4) is 11.5 Å². The van der Waals surface area contributed by atoms with Crippen molar-refractivity contribution in [2.75, 3.05) is 24.3 Å². The number of nitrogens with one attached hydrogen (secondary N) is 1. The lowest BCUT2D eigenvalue weighted by atomic mass is 10.1. The fourth-order valence-electron chi connectivity index (χ4n) is 2.71. The van der Waals surface area contributed by atoms with Gasteiger partial charge in [0.05, 0.1) is 6.20 Å². The summed E-state index contributed by atoms with van der Waals surface area (Å²) >= 11 is 0. The van der Waals surface area contributed by atoms with E-state index in [-0.39, 0.29) is 5.91 Å². The molecule has 1 N–H and O–H groups in total. The van der Waals surface area contributed by atoms with Crippen molar-refractivity contribution in [1.82, 2.24) is 9.97 Å². The summed E-state index contributed by atoms with van der Waals surface area (Å²) in [7, 11) is 3.92. The maximum atomic E-state index is 12.4. The van der Waals surface area contributed by atoms with Crippen molar-refractivity contribution < 1.29 is 9.21 Å². The predicted octanol–water partition coefficient (Wildman–Crippen LogP) is 4.21. The summed E-state index contributed by atoms with van der Waals surface area (Å²) in [6.07, 6.45) is 3.33. The monoisotopic (exact) mass is 358 g/mol. The van der Waals surface area contributed by atoms with Crippen LogP contribution in [0, 0.1) is 0 Å². The second kappa shape index (κ2) is 6.92. The summed E-state index contributed by atoms with van der Waals surface area (Å²) in [5.41, 5.74) is 4.60. The number of amides is 1. The minimum absolute atomic E-state index is 0.152. The van der Waals surface area contributed by atoms with E-state index in [1.807, 2.05) is 67.5 Å². The number of anilines is 2. The second-order valence-corrected chi connectivity index (χ2v) is 6.34. The molecule has 0 bridgehead atoms. The van der Waals surface area contributed by atoms with E-state index in [1.54, 1.807) is 18.5 Å². The van der Waals surface area contributed by atoms with Gasteiger partial charge in [0.25, 0.3) is 5.91 Å². The van der Waals surface area contributed by atoms with Gasteiger partial charge in [-0.1, -0.05) is 0 Å². The van der Waals surface area contributed by atoms with Crippen LogP contribution in [0.3, 0.4) is 0 Å². The molecule has 4 rings (SSSR count). The third-order valence-electron chi connectivity index (χ3n) is 4.23. The topological polar surface area (TPSA) is 71.3 Å². The van der Waals surface area contributed by atoms with E-state index in [0.717, 1.165) is 11.3 Å². The zero-order valence-electron chi connectivity index (χ0n) is 15.0. The summed E-state index contributed by atoms with van der Waals surface area (Å²) in [6.45, 7) is 0. The van der Waals surface area contributed by atoms with E-state index in [4.69, 9.17) is 4.42 Å². The van der Waals surface area contributed by atoms with Crippen LogP contribution >= 0.6 is 0 Å². The second-order valence-electron chi connectivity index (χ2n) is 6.34. The van der Waals surface area contributed by atoms with Crippen LogP contribution in [-0.2, 0) is 0 Å². The number of pyridine rings is 1. The Bertz CT molecular complexity index is 1050. The molecule has 2 heterocycles. The van der Waals surface area contributed by atoms with Crippen molar-refractivity contribution in [3.05, 3.63) is 72.6 Å². The van der Waals surface area contributed by atoms with Gasteiger partial charge in [-0.25, -0.2) is 4.98 Å². The average Bonchev–Trinajstić information content (AvgIpc) is 3.13. The Hall–Kier alpha value is -3.67.